The summed E-state index contributed by atoms with van der Waals surface area (Å²) in [6.07, 6.45) is 0.530. The van der Waals surface area contributed by atoms with Crippen LogP contribution in [0.1, 0.15) is 43.0 Å². The van der Waals surface area contributed by atoms with E-state index in [0.29, 0.717) is 18.7 Å². The Bertz CT molecular complexity index is 1380. The molecule has 7 nitrogen and oxygen atoms in total. The highest BCUT2D eigenvalue weighted by molar-refractivity contribution is 7.92. The average molecular weight is 564 g/mol. The number of carbonyl (C=O) groups excluding carboxylic acids is 2. The monoisotopic (exact) mass is 563 g/mol. The van der Waals surface area contributed by atoms with Crippen LogP contribution < -0.4 is 9.62 Å². The van der Waals surface area contributed by atoms with Gasteiger partial charge in [0.25, 0.3) is 10.0 Å². The molecule has 0 aliphatic rings. The second kappa shape index (κ2) is 13.6. The van der Waals surface area contributed by atoms with Crippen molar-refractivity contribution < 1.29 is 18.0 Å². The maximum atomic E-state index is 14.0. The van der Waals surface area contributed by atoms with E-state index < -0.39 is 28.5 Å². The van der Waals surface area contributed by atoms with Crippen molar-refractivity contribution in [3.63, 3.8) is 0 Å². The van der Waals surface area contributed by atoms with E-state index >= 15 is 0 Å². The molecule has 0 saturated heterocycles. The summed E-state index contributed by atoms with van der Waals surface area (Å²) in [6.45, 7) is 11.7. The van der Waals surface area contributed by atoms with Crippen molar-refractivity contribution in [1.29, 1.82) is 0 Å². The molecule has 0 radical (unpaired) electrons. The van der Waals surface area contributed by atoms with Crippen LogP contribution in [0.3, 0.4) is 0 Å². The number of nitrogens with one attached hydrogen (secondary N) is 1. The lowest BCUT2D eigenvalue weighted by Gasteiger charge is -2.32. The number of nitrogens with zero attached hydrogens (tertiary/aromatic N) is 2. The fourth-order valence-electron chi connectivity index (χ4n) is 4.48. The first-order valence-electron chi connectivity index (χ1n) is 13.7. The van der Waals surface area contributed by atoms with Gasteiger partial charge in [-0.3, -0.25) is 13.9 Å². The first-order valence-corrected chi connectivity index (χ1v) is 15.1. The summed E-state index contributed by atoms with van der Waals surface area (Å²) in [5, 5.41) is 2.91. The van der Waals surface area contributed by atoms with E-state index in [1.165, 1.54) is 4.90 Å². The SMILES string of the molecule is Cc1ccc(S(=O)(=O)N(CC(=O)N(CCc2ccccc2)[C@H](C)C(=O)NCC(C)C)c2cc(C)cc(C)c2)cc1. The van der Waals surface area contributed by atoms with Crippen LogP contribution in [0.4, 0.5) is 5.69 Å². The predicted molar refractivity (Wildman–Crippen MR) is 161 cm³/mol. The zero-order chi connectivity index (χ0) is 29.4. The molecule has 0 fully saturated rings. The maximum absolute atomic E-state index is 14.0. The van der Waals surface area contributed by atoms with E-state index in [2.05, 4.69) is 5.32 Å². The molecule has 1 atom stereocenters. The minimum Gasteiger partial charge on any atom is -0.354 e. The third kappa shape index (κ3) is 8.18. The quantitative estimate of drug-likeness (QED) is 0.335. The van der Waals surface area contributed by atoms with Gasteiger partial charge in [0.15, 0.2) is 0 Å². The van der Waals surface area contributed by atoms with E-state index in [1.54, 1.807) is 43.3 Å². The van der Waals surface area contributed by atoms with Crippen molar-refractivity contribution in [2.45, 2.75) is 58.9 Å². The first kappa shape index (κ1) is 30.9. The smallest absolute Gasteiger partial charge is 0.264 e. The van der Waals surface area contributed by atoms with Gasteiger partial charge >= 0.3 is 0 Å². The van der Waals surface area contributed by atoms with Gasteiger partial charge in [-0.1, -0.05) is 67.9 Å². The Labute approximate surface area is 239 Å². The molecular formula is C32H41N3O4S. The number of anilines is 1. The lowest BCUT2D eigenvalue weighted by molar-refractivity contribution is -0.138. The molecule has 2 amide bonds. The molecular weight excluding hydrogens is 522 g/mol. The summed E-state index contributed by atoms with van der Waals surface area (Å²) in [4.78, 5) is 28.6. The van der Waals surface area contributed by atoms with Gasteiger partial charge in [0.05, 0.1) is 10.6 Å². The topological polar surface area (TPSA) is 86.8 Å². The largest absolute Gasteiger partial charge is 0.354 e. The number of rotatable bonds is 12. The number of amides is 2. The van der Waals surface area contributed by atoms with Crippen LogP contribution in [0.15, 0.2) is 77.7 Å². The van der Waals surface area contributed by atoms with E-state index in [9.17, 15) is 18.0 Å². The molecule has 0 unspecified atom stereocenters. The highest BCUT2D eigenvalue weighted by Gasteiger charge is 2.32. The Morgan fingerprint density at radius 3 is 2.00 bits per heavy atom. The number of benzene rings is 3. The highest BCUT2D eigenvalue weighted by Crippen LogP contribution is 2.26. The summed E-state index contributed by atoms with van der Waals surface area (Å²) < 4.78 is 29.1. The molecule has 0 aliphatic heterocycles. The summed E-state index contributed by atoms with van der Waals surface area (Å²) in [5.74, 6) is -0.461. The van der Waals surface area contributed by atoms with Crippen molar-refractivity contribution in [1.82, 2.24) is 10.2 Å². The molecule has 0 saturated carbocycles. The predicted octanol–water partition coefficient (Wildman–Crippen LogP) is 5.04. The molecule has 3 aromatic carbocycles. The van der Waals surface area contributed by atoms with Crippen molar-refractivity contribution >= 4 is 27.5 Å². The third-order valence-electron chi connectivity index (χ3n) is 6.72. The fraction of sp³-hybridized carbons (Fsp3) is 0.375. The van der Waals surface area contributed by atoms with Gasteiger partial charge in [0.1, 0.15) is 12.6 Å². The molecule has 8 heteroatoms. The van der Waals surface area contributed by atoms with Crippen LogP contribution in [-0.2, 0) is 26.0 Å². The van der Waals surface area contributed by atoms with Crippen LogP contribution in [0.2, 0.25) is 0 Å². The number of hydrogen-bond acceptors (Lipinski definition) is 4. The Kier molecular flexibility index (Phi) is 10.5. The molecule has 0 spiro atoms. The Morgan fingerprint density at radius 2 is 1.43 bits per heavy atom. The molecule has 214 valence electrons. The fourth-order valence-corrected chi connectivity index (χ4v) is 5.88. The number of sulfonamides is 1. The van der Waals surface area contributed by atoms with E-state index in [-0.39, 0.29) is 23.3 Å². The van der Waals surface area contributed by atoms with Crippen molar-refractivity contribution in [2.75, 3.05) is 23.9 Å². The Balaban J connectivity index is 1.99. The zero-order valence-corrected chi connectivity index (χ0v) is 25.2. The van der Waals surface area contributed by atoms with E-state index in [0.717, 1.165) is 26.6 Å². The van der Waals surface area contributed by atoms with Gasteiger partial charge < -0.3 is 10.2 Å². The molecule has 0 aliphatic carbocycles. The van der Waals surface area contributed by atoms with Crippen molar-refractivity contribution in [3.05, 3.63) is 95.1 Å². The number of hydrogen-bond donors (Lipinski definition) is 1. The maximum Gasteiger partial charge on any atom is 0.264 e. The lowest BCUT2D eigenvalue weighted by atomic mass is 10.1. The lowest BCUT2D eigenvalue weighted by Crippen LogP contribution is -2.52. The molecule has 0 aromatic heterocycles. The van der Waals surface area contributed by atoms with Crippen molar-refractivity contribution in [3.8, 4) is 0 Å². The van der Waals surface area contributed by atoms with Crippen LogP contribution in [0, 0.1) is 26.7 Å². The van der Waals surface area contributed by atoms with Gasteiger partial charge in [0, 0.05) is 13.1 Å². The van der Waals surface area contributed by atoms with Gasteiger partial charge in [-0.2, -0.15) is 0 Å². The van der Waals surface area contributed by atoms with E-state index in [1.807, 2.05) is 71.0 Å². The van der Waals surface area contributed by atoms with Crippen molar-refractivity contribution in [2.24, 2.45) is 5.92 Å². The molecule has 3 rings (SSSR count). The summed E-state index contributed by atoms with van der Waals surface area (Å²) in [7, 11) is -4.08. The molecule has 0 heterocycles. The van der Waals surface area contributed by atoms with Crippen LogP contribution in [-0.4, -0.2) is 50.8 Å². The average Bonchev–Trinajstić information content (AvgIpc) is 2.90. The van der Waals surface area contributed by atoms with E-state index in [4.69, 9.17) is 0 Å². The molecule has 40 heavy (non-hydrogen) atoms. The summed E-state index contributed by atoms with van der Waals surface area (Å²) >= 11 is 0. The highest BCUT2D eigenvalue weighted by atomic mass is 32.2. The molecule has 0 bridgehead atoms. The van der Waals surface area contributed by atoms with Gasteiger partial charge in [-0.05, 0) is 81.0 Å². The third-order valence-corrected chi connectivity index (χ3v) is 8.51. The van der Waals surface area contributed by atoms with Crippen LogP contribution >= 0.6 is 0 Å². The van der Waals surface area contributed by atoms with Gasteiger partial charge in [0.2, 0.25) is 11.8 Å². The summed E-state index contributed by atoms with van der Waals surface area (Å²) in [6, 6.07) is 21.0. The van der Waals surface area contributed by atoms with Crippen LogP contribution in [0.5, 0.6) is 0 Å². The normalized spacial score (nSPS) is 12.2. The number of aryl methyl sites for hydroxylation is 3. The Hall–Kier alpha value is -3.65. The second-order valence-corrected chi connectivity index (χ2v) is 12.7. The second-order valence-electron chi connectivity index (χ2n) is 10.8. The van der Waals surface area contributed by atoms with Gasteiger partial charge in [-0.15, -0.1) is 0 Å². The van der Waals surface area contributed by atoms with Gasteiger partial charge in [-0.25, -0.2) is 8.42 Å². The minimum atomic E-state index is -4.08. The molecule has 1 N–H and O–H groups in total. The molecule has 3 aromatic rings. The first-order chi connectivity index (χ1) is 18.9. The Morgan fingerprint density at radius 1 is 0.825 bits per heavy atom. The van der Waals surface area contributed by atoms with Crippen LogP contribution in [0.25, 0.3) is 0 Å². The summed E-state index contributed by atoms with van der Waals surface area (Å²) in [5.41, 5.74) is 4.13. The zero-order valence-electron chi connectivity index (χ0n) is 24.3. The standard InChI is InChI=1S/C32H41N3O4S/c1-23(2)21-33-32(37)27(6)34(17-16-28-10-8-7-9-11-28)31(36)22-35(29-19-25(4)18-26(5)20-29)40(38,39)30-14-12-24(3)13-15-30/h7-15,18-20,23,27H,16-17,21-22H2,1-6H3,(H,33,37)/t27-/m1/s1. The number of carbonyl (C=O) groups is 2. The minimum absolute atomic E-state index is 0.101.